The average Bonchev–Trinajstić information content (AvgIpc) is 3.09. The summed E-state index contributed by atoms with van der Waals surface area (Å²) in [5, 5.41) is 0. The van der Waals surface area contributed by atoms with Crippen molar-refractivity contribution in [2.24, 2.45) is 0 Å². The summed E-state index contributed by atoms with van der Waals surface area (Å²) in [7, 11) is 0. The van der Waals surface area contributed by atoms with Crippen molar-refractivity contribution in [2.75, 3.05) is 12.4 Å². The molecule has 1 aliphatic carbocycles. The Bertz CT molecular complexity index is 395. The van der Waals surface area contributed by atoms with Crippen LogP contribution in [0.1, 0.15) is 23.2 Å². The van der Waals surface area contributed by atoms with Gasteiger partial charge in [-0.15, -0.1) is 11.6 Å². The zero-order valence-electron chi connectivity index (χ0n) is 8.70. The van der Waals surface area contributed by atoms with Crippen molar-refractivity contribution in [1.82, 2.24) is 9.88 Å². The normalized spacial score (nSPS) is 14.9. The Morgan fingerprint density at radius 2 is 2.31 bits per heavy atom. The highest BCUT2D eigenvalue weighted by molar-refractivity contribution is 6.18. The van der Waals surface area contributed by atoms with Gasteiger partial charge in [0.15, 0.2) is 0 Å². The Labute approximate surface area is 98.2 Å². The van der Waals surface area contributed by atoms with Gasteiger partial charge >= 0.3 is 0 Å². The molecule has 0 saturated heterocycles. The first-order valence-corrected chi connectivity index (χ1v) is 5.73. The predicted molar refractivity (Wildman–Crippen MR) is 59.0 cm³/mol. The maximum atomic E-state index is 12.9. The lowest BCUT2D eigenvalue weighted by Gasteiger charge is -2.21. The minimum Gasteiger partial charge on any atom is -0.334 e. The van der Waals surface area contributed by atoms with Gasteiger partial charge in [0.2, 0.25) is 0 Å². The number of hydrogen-bond acceptors (Lipinski definition) is 2. The van der Waals surface area contributed by atoms with Crippen molar-refractivity contribution >= 4 is 17.5 Å². The Morgan fingerprint density at radius 3 is 2.88 bits per heavy atom. The minimum atomic E-state index is -0.493. The third-order valence-electron chi connectivity index (χ3n) is 2.53. The second-order valence-electron chi connectivity index (χ2n) is 3.81. The summed E-state index contributed by atoms with van der Waals surface area (Å²) in [4.78, 5) is 17.4. The van der Waals surface area contributed by atoms with E-state index in [1.807, 2.05) is 0 Å². The fourth-order valence-corrected chi connectivity index (χ4v) is 1.80. The second kappa shape index (κ2) is 4.78. The molecule has 0 aliphatic heterocycles. The molecule has 1 amide bonds. The van der Waals surface area contributed by atoms with Crippen molar-refractivity contribution in [1.29, 1.82) is 0 Å². The summed E-state index contributed by atoms with van der Waals surface area (Å²) in [6.07, 6.45) is 4.48. The van der Waals surface area contributed by atoms with Gasteiger partial charge < -0.3 is 4.90 Å². The molecule has 1 aliphatic rings. The molecule has 0 radical (unpaired) electrons. The van der Waals surface area contributed by atoms with Crippen LogP contribution in [0.3, 0.4) is 0 Å². The highest BCUT2D eigenvalue weighted by Crippen LogP contribution is 2.28. The van der Waals surface area contributed by atoms with E-state index in [2.05, 4.69) is 4.98 Å². The number of pyridine rings is 1. The van der Waals surface area contributed by atoms with Crippen LogP contribution >= 0.6 is 11.6 Å². The molecular formula is C11H12ClFN2O. The van der Waals surface area contributed by atoms with Gasteiger partial charge in [-0.2, -0.15) is 0 Å². The molecule has 3 nitrogen and oxygen atoms in total. The van der Waals surface area contributed by atoms with Crippen molar-refractivity contribution in [2.45, 2.75) is 18.9 Å². The van der Waals surface area contributed by atoms with Crippen LogP contribution in [0.15, 0.2) is 18.5 Å². The molecule has 1 aromatic heterocycles. The maximum Gasteiger partial charge on any atom is 0.255 e. The second-order valence-corrected chi connectivity index (χ2v) is 4.19. The molecule has 1 fully saturated rings. The van der Waals surface area contributed by atoms with Crippen LogP contribution in [0.25, 0.3) is 0 Å². The van der Waals surface area contributed by atoms with Gasteiger partial charge in [0.25, 0.3) is 5.91 Å². The van der Waals surface area contributed by atoms with Crippen LogP contribution in [0.4, 0.5) is 4.39 Å². The third kappa shape index (κ3) is 2.50. The molecule has 1 saturated carbocycles. The number of carbonyl (C=O) groups excluding carboxylic acids is 1. The number of amides is 1. The molecule has 1 aromatic rings. The quantitative estimate of drug-likeness (QED) is 0.758. The number of carbonyl (C=O) groups is 1. The van der Waals surface area contributed by atoms with Gasteiger partial charge in [0.05, 0.1) is 11.8 Å². The van der Waals surface area contributed by atoms with Crippen LogP contribution in [-0.4, -0.2) is 34.3 Å². The van der Waals surface area contributed by atoms with Gasteiger partial charge in [0, 0.05) is 24.7 Å². The molecule has 0 N–H and O–H groups in total. The van der Waals surface area contributed by atoms with Crippen LogP contribution in [-0.2, 0) is 0 Å². The van der Waals surface area contributed by atoms with E-state index in [0.717, 1.165) is 19.0 Å². The Morgan fingerprint density at radius 1 is 1.56 bits per heavy atom. The molecule has 0 unspecified atom stereocenters. The highest BCUT2D eigenvalue weighted by atomic mass is 35.5. The number of aromatic nitrogens is 1. The average molecular weight is 243 g/mol. The lowest BCUT2D eigenvalue weighted by Crippen LogP contribution is -2.34. The number of rotatable bonds is 4. The first kappa shape index (κ1) is 11.3. The summed E-state index contributed by atoms with van der Waals surface area (Å²) >= 11 is 5.65. The molecule has 0 atom stereocenters. The van der Waals surface area contributed by atoms with Crippen molar-refractivity contribution in [3.8, 4) is 0 Å². The smallest absolute Gasteiger partial charge is 0.255 e. The molecule has 0 bridgehead atoms. The van der Waals surface area contributed by atoms with Crippen LogP contribution in [0.2, 0.25) is 0 Å². The highest BCUT2D eigenvalue weighted by Gasteiger charge is 2.32. The molecule has 86 valence electrons. The van der Waals surface area contributed by atoms with E-state index < -0.39 is 5.82 Å². The third-order valence-corrected chi connectivity index (χ3v) is 2.69. The largest absolute Gasteiger partial charge is 0.334 e. The summed E-state index contributed by atoms with van der Waals surface area (Å²) in [6.45, 7) is 0.502. The van der Waals surface area contributed by atoms with E-state index >= 15 is 0 Å². The van der Waals surface area contributed by atoms with Crippen LogP contribution in [0.5, 0.6) is 0 Å². The Hall–Kier alpha value is -1.16. The zero-order chi connectivity index (χ0) is 11.5. The fourth-order valence-electron chi connectivity index (χ4n) is 1.62. The summed E-state index contributed by atoms with van der Waals surface area (Å²) in [5.74, 6) is -0.284. The molecule has 5 heteroatoms. The number of hydrogen-bond donors (Lipinski definition) is 0. The van der Waals surface area contributed by atoms with Crippen molar-refractivity contribution in [3.63, 3.8) is 0 Å². The lowest BCUT2D eigenvalue weighted by atomic mass is 10.2. The van der Waals surface area contributed by atoms with E-state index in [9.17, 15) is 9.18 Å². The fraction of sp³-hybridized carbons (Fsp3) is 0.455. The Balaban J connectivity index is 2.15. The van der Waals surface area contributed by atoms with Crippen LogP contribution < -0.4 is 0 Å². The minimum absolute atomic E-state index is 0.185. The molecule has 16 heavy (non-hydrogen) atoms. The van der Waals surface area contributed by atoms with E-state index in [4.69, 9.17) is 11.6 Å². The summed E-state index contributed by atoms with van der Waals surface area (Å²) in [6, 6.07) is 1.48. The first-order valence-electron chi connectivity index (χ1n) is 5.20. The van der Waals surface area contributed by atoms with Gasteiger partial charge in [-0.25, -0.2) is 4.39 Å². The summed E-state index contributed by atoms with van der Waals surface area (Å²) < 4.78 is 12.9. The molecular weight excluding hydrogens is 231 g/mol. The molecule has 0 aromatic carbocycles. The van der Waals surface area contributed by atoms with Gasteiger partial charge in [-0.05, 0) is 18.9 Å². The van der Waals surface area contributed by atoms with E-state index in [0.29, 0.717) is 12.4 Å². The molecule has 1 heterocycles. The summed E-state index contributed by atoms with van der Waals surface area (Å²) in [5.41, 5.74) is 0.289. The monoisotopic (exact) mass is 242 g/mol. The lowest BCUT2D eigenvalue weighted by molar-refractivity contribution is 0.0752. The zero-order valence-corrected chi connectivity index (χ0v) is 9.45. The molecule has 2 rings (SSSR count). The molecule has 0 spiro atoms. The van der Waals surface area contributed by atoms with Gasteiger partial charge in [-0.3, -0.25) is 9.78 Å². The van der Waals surface area contributed by atoms with Crippen LogP contribution in [0, 0.1) is 5.82 Å². The van der Waals surface area contributed by atoms with E-state index in [1.54, 1.807) is 4.90 Å². The van der Waals surface area contributed by atoms with Gasteiger partial charge in [-0.1, -0.05) is 0 Å². The van der Waals surface area contributed by atoms with Gasteiger partial charge in [0.1, 0.15) is 5.82 Å². The first-order chi connectivity index (χ1) is 7.72. The standard InChI is InChI=1S/C11H12ClFN2O/c12-3-4-15(10-1-2-10)11(16)8-5-9(13)7-14-6-8/h5-7,10H,1-4H2. The number of alkyl halides is 1. The predicted octanol–water partition coefficient (Wildman–Crippen LogP) is 2.06. The topological polar surface area (TPSA) is 33.2 Å². The number of halogens is 2. The van der Waals surface area contributed by atoms with E-state index in [1.165, 1.54) is 12.3 Å². The maximum absolute atomic E-state index is 12.9. The SMILES string of the molecule is O=C(c1cncc(F)c1)N(CCCl)C1CC1. The Kier molecular flexibility index (Phi) is 3.39. The van der Waals surface area contributed by atoms with Crippen molar-refractivity contribution < 1.29 is 9.18 Å². The van der Waals surface area contributed by atoms with E-state index in [-0.39, 0.29) is 17.5 Å². The van der Waals surface area contributed by atoms with Crippen molar-refractivity contribution in [3.05, 3.63) is 29.8 Å². The number of nitrogens with zero attached hydrogens (tertiary/aromatic N) is 2.